The van der Waals surface area contributed by atoms with Gasteiger partial charge < -0.3 is 10.5 Å². The van der Waals surface area contributed by atoms with Crippen LogP contribution in [-0.2, 0) is 4.74 Å². The van der Waals surface area contributed by atoms with Gasteiger partial charge in [-0.25, -0.2) is 0 Å². The van der Waals surface area contributed by atoms with Crippen molar-refractivity contribution < 1.29 is 4.74 Å². The fourth-order valence-corrected chi connectivity index (χ4v) is 1.50. The zero-order valence-electron chi connectivity index (χ0n) is 9.05. The van der Waals surface area contributed by atoms with Crippen molar-refractivity contribution in [2.45, 2.75) is 38.3 Å². The van der Waals surface area contributed by atoms with E-state index in [0.717, 1.165) is 13.2 Å². The van der Waals surface area contributed by atoms with Crippen molar-refractivity contribution in [3.8, 4) is 0 Å². The second-order valence-corrected chi connectivity index (χ2v) is 4.53. The molecule has 0 bridgehead atoms. The molecule has 13 heavy (non-hydrogen) atoms. The molecule has 0 amide bonds. The molecule has 0 aromatic carbocycles. The van der Waals surface area contributed by atoms with Gasteiger partial charge in [0.05, 0.1) is 6.10 Å². The summed E-state index contributed by atoms with van der Waals surface area (Å²) in [6, 6.07) is 0. The number of likely N-dealkylation sites (N-methyl/N-ethyl adjacent to an activating group) is 1. The lowest BCUT2D eigenvalue weighted by Crippen LogP contribution is -2.49. The van der Waals surface area contributed by atoms with Crippen LogP contribution in [0.3, 0.4) is 0 Å². The third-order valence-electron chi connectivity index (χ3n) is 3.03. The minimum atomic E-state index is 0.0892. The van der Waals surface area contributed by atoms with Crippen LogP contribution in [0.5, 0.6) is 0 Å². The number of ether oxygens (including phenoxy) is 1. The highest BCUT2D eigenvalue weighted by atomic mass is 16.5. The first-order chi connectivity index (χ1) is 6.06. The molecule has 3 heteroatoms. The van der Waals surface area contributed by atoms with Crippen LogP contribution >= 0.6 is 0 Å². The van der Waals surface area contributed by atoms with Crippen LogP contribution in [0.2, 0.25) is 0 Å². The quantitative estimate of drug-likeness (QED) is 0.707. The Morgan fingerprint density at radius 3 is 2.69 bits per heavy atom. The van der Waals surface area contributed by atoms with Crippen molar-refractivity contribution in [1.29, 1.82) is 0 Å². The molecule has 1 aliphatic rings. The van der Waals surface area contributed by atoms with E-state index in [4.69, 9.17) is 10.5 Å². The molecule has 0 aromatic heterocycles. The predicted molar refractivity (Wildman–Crippen MR) is 54.7 cm³/mol. The lowest BCUT2D eigenvalue weighted by Gasteiger charge is -2.35. The molecule has 0 aromatic rings. The number of nitrogens with two attached hydrogens (primary N) is 1. The predicted octanol–water partition coefficient (Wildman–Crippen LogP) is 0.834. The van der Waals surface area contributed by atoms with Crippen molar-refractivity contribution in [3.63, 3.8) is 0 Å². The Hall–Kier alpha value is -0.120. The van der Waals surface area contributed by atoms with Crippen molar-refractivity contribution >= 4 is 0 Å². The molecular weight excluding hydrogens is 164 g/mol. The molecule has 3 nitrogen and oxygen atoms in total. The van der Waals surface area contributed by atoms with E-state index in [1.165, 1.54) is 12.8 Å². The molecule has 0 aliphatic carbocycles. The van der Waals surface area contributed by atoms with Crippen LogP contribution in [0.15, 0.2) is 0 Å². The van der Waals surface area contributed by atoms with Crippen LogP contribution in [0.25, 0.3) is 0 Å². The van der Waals surface area contributed by atoms with E-state index >= 15 is 0 Å². The summed E-state index contributed by atoms with van der Waals surface area (Å²) in [5, 5.41) is 0. The van der Waals surface area contributed by atoms with Crippen molar-refractivity contribution in [2.75, 3.05) is 26.7 Å². The highest BCUT2D eigenvalue weighted by Crippen LogP contribution is 2.17. The topological polar surface area (TPSA) is 38.5 Å². The average molecular weight is 186 g/mol. The first kappa shape index (κ1) is 11.0. The van der Waals surface area contributed by atoms with Crippen molar-refractivity contribution in [2.24, 2.45) is 5.73 Å². The third-order valence-corrected chi connectivity index (χ3v) is 3.03. The van der Waals surface area contributed by atoms with Crippen LogP contribution in [0.1, 0.15) is 26.7 Å². The van der Waals surface area contributed by atoms with Gasteiger partial charge in [-0.2, -0.15) is 0 Å². The van der Waals surface area contributed by atoms with E-state index in [0.29, 0.717) is 12.6 Å². The molecule has 1 aliphatic heterocycles. The monoisotopic (exact) mass is 186 g/mol. The summed E-state index contributed by atoms with van der Waals surface area (Å²) < 4.78 is 5.58. The number of hydrogen-bond donors (Lipinski definition) is 1. The highest BCUT2D eigenvalue weighted by molar-refractivity contribution is 4.82. The normalized spacial score (nSPS) is 24.2. The first-order valence-corrected chi connectivity index (χ1v) is 5.09. The second kappa shape index (κ2) is 4.40. The minimum absolute atomic E-state index is 0.0892. The fourth-order valence-electron chi connectivity index (χ4n) is 1.50. The first-order valence-electron chi connectivity index (χ1n) is 5.09. The molecule has 0 radical (unpaired) electrons. The van der Waals surface area contributed by atoms with Gasteiger partial charge in [-0.05, 0) is 33.7 Å². The van der Waals surface area contributed by atoms with Gasteiger partial charge in [0, 0.05) is 25.2 Å². The molecule has 1 atom stereocenters. The van der Waals surface area contributed by atoms with E-state index in [1.54, 1.807) is 0 Å². The average Bonchev–Trinajstić information content (AvgIpc) is 2.57. The number of nitrogens with zero attached hydrogens (tertiary/aromatic N) is 1. The zero-order valence-corrected chi connectivity index (χ0v) is 9.05. The van der Waals surface area contributed by atoms with Gasteiger partial charge in [0.1, 0.15) is 0 Å². The Morgan fingerprint density at radius 2 is 2.23 bits per heavy atom. The number of rotatable bonds is 4. The Morgan fingerprint density at radius 1 is 1.54 bits per heavy atom. The van der Waals surface area contributed by atoms with E-state index < -0.39 is 0 Å². The summed E-state index contributed by atoms with van der Waals surface area (Å²) in [5.74, 6) is 0. The molecule has 1 unspecified atom stereocenters. The summed E-state index contributed by atoms with van der Waals surface area (Å²) in [4.78, 5) is 2.29. The summed E-state index contributed by atoms with van der Waals surface area (Å²) in [7, 11) is 2.12. The summed E-state index contributed by atoms with van der Waals surface area (Å²) >= 11 is 0. The zero-order chi connectivity index (χ0) is 9.90. The van der Waals surface area contributed by atoms with Crippen molar-refractivity contribution in [3.05, 3.63) is 0 Å². The summed E-state index contributed by atoms with van der Waals surface area (Å²) in [6.07, 6.45) is 2.84. The molecule has 2 N–H and O–H groups in total. The SMILES string of the molecule is CN(CC1CCCO1)C(C)(C)CN. The molecule has 1 fully saturated rings. The van der Waals surface area contributed by atoms with Gasteiger partial charge in [0.2, 0.25) is 0 Å². The maximum Gasteiger partial charge on any atom is 0.0702 e. The molecule has 1 saturated heterocycles. The molecule has 1 rings (SSSR count). The van der Waals surface area contributed by atoms with Gasteiger partial charge in [-0.15, -0.1) is 0 Å². The van der Waals surface area contributed by atoms with Gasteiger partial charge in [0.15, 0.2) is 0 Å². The molecular formula is C10H22N2O. The van der Waals surface area contributed by atoms with E-state index in [-0.39, 0.29) is 5.54 Å². The minimum Gasteiger partial charge on any atom is -0.377 e. The molecule has 1 heterocycles. The largest absolute Gasteiger partial charge is 0.377 e. The van der Waals surface area contributed by atoms with Crippen molar-refractivity contribution in [1.82, 2.24) is 4.90 Å². The smallest absolute Gasteiger partial charge is 0.0702 e. The van der Waals surface area contributed by atoms with Crippen LogP contribution in [0, 0.1) is 0 Å². The Labute approximate surface area is 81.2 Å². The maximum atomic E-state index is 5.70. The maximum absolute atomic E-state index is 5.70. The summed E-state index contributed by atoms with van der Waals surface area (Å²) in [6.45, 7) is 6.96. The Balaban J connectivity index is 2.34. The lowest BCUT2D eigenvalue weighted by molar-refractivity contribution is 0.0493. The highest BCUT2D eigenvalue weighted by Gasteiger charge is 2.25. The van der Waals surface area contributed by atoms with Crippen LogP contribution in [-0.4, -0.2) is 43.3 Å². The van der Waals surface area contributed by atoms with Crippen LogP contribution in [0.4, 0.5) is 0 Å². The standard InChI is InChI=1S/C10H22N2O/c1-10(2,8-11)12(3)7-9-5-4-6-13-9/h9H,4-8,11H2,1-3H3. The van der Waals surface area contributed by atoms with Gasteiger partial charge in [-0.3, -0.25) is 4.90 Å². The molecule has 0 saturated carbocycles. The fraction of sp³-hybridized carbons (Fsp3) is 1.00. The van der Waals surface area contributed by atoms with E-state index in [9.17, 15) is 0 Å². The molecule has 0 spiro atoms. The van der Waals surface area contributed by atoms with Gasteiger partial charge >= 0.3 is 0 Å². The number of hydrogen-bond acceptors (Lipinski definition) is 3. The lowest BCUT2D eigenvalue weighted by atomic mass is 10.0. The third kappa shape index (κ3) is 2.93. The van der Waals surface area contributed by atoms with Gasteiger partial charge in [0.25, 0.3) is 0 Å². The van der Waals surface area contributed by atoms with E-state index in [1.807, 2.05) is 0 Å². The van der Waals surface area contributed by atoms with Gasteiger partial charge in [-0.1, -0.05) is 0 Å². The molecule has 78 valence electrons. The Kier molecular flexibility index (Phi) is 3.71. The second-order valence-electron chi connectivity index (χ2n) is 4.53. The summed E-state index contributed by atoms with van der Waals surface area (Å²) in [5.41, 5.74) is 5.79. The van der Waals surface area contributed by atoms with E-state index in [2.05, 4.69) is 25.8 Å². The van der Waals surface area contributed by atoms with Crippen LogP contribution < -0.4 is 5.73 Å². The Bertz CT molecular complexity index is 153.